The van der Waals surface area contributed by atoms with E-state index in [4.69, 9.17) is 9.05 Å². The van der Waals surface area contributed by atoms with E-state index in [9.17, 15) is 19.4 Å². The van der Waals surface area contributed by atoms with Crippen molar-refractivity contribution in [3.8, 4) is 0 Å². The fourth-order valence-electron chi connectivity index (χ4n) is 6.37. The Bertz CT molecular complexity index is 922. The number of likely N-dealkylation sites (N-methyl/N-ethyl adjacent to an activating group) is 1. The predicted molar refractivity (Wildman–Crippen MR) is 226 cm³/mol. The Kier molecular flexibility index (Phi) is 35.9. The van der Waals surface area contributed by atoms with Gasteiger partial charge in [-0.25, -0.2) is 4.57 Å². The Morgan fingerprint density at radius 1 is 0.642 bits per heavy atom. The number of unbranched alkanes of at least 4 members (excludes halogenated alkanes) is 23. The Labute approximate surface area is 328 Å². The van der Waals surface area contributed by atoms with Gasteiger partial charge in [-0.3, -0.25) is 13.8 Å². The summed E-state index contributed by atoms with van der Waals surface area (Å²) in [6.45, 7) is 4.81. The van der Waals surface area contributed by atoms with Crippen LogP contribution in [0.1, 0.15) is 200 Å². The van der Waals surface area contributed by atoms with E-state index in [0.717, 1.165) is 44.9 Å². The van der Waals surface area contributed by atoms with E-state index >= 15 is 0 Å². The number of allylic oxidation sites excluding steroid dienone is 4. The number of rotatable bonds is 40. The second-order valence-electron chi connectivity index (χ2n) is 16.4. The number of phosphoric acid groups is 1. The highest BCUT2D eigenvalue weighted by atomic mass is 31.2. The number of hydrogen-bond acceptors (Lipinski definition) is 5. The first-order chi connectivity index (χ1) is 25.5. The molecular weight excluding hydrogens is 683 g/mol. The number of hydrogen-bond donors (Lipinski definition) is 3. The maximum Gasteiger partial charge on any atom is 0.472 e. The maximum atomic E-state index is 12.8. The zero-order valence-electron chi connectivity index (χ0n) is 35.5. The first kappa shape index (κ1) is 52.0. The summed E-state index contributed by atoms with van der Waals surface area (Å²) in [5, 5.41) is 13.8. The zero-order chi connectivity index (χ0) is 39.3. The number of carbonyl (C=O) groups excluding carboxylic acids is 1. The Morgan fingerprint density at radius 2 is 1.08 bits per heavy atom. The van der Waals surface area contributed by atoms with Gasteiger partial charge >= 0.3 is 7.82 Å². The molecule has 0 saturated heterocycles. The van der Waals surface area contributed by atoms with E-state index in [1.807, 2.05) is 21.1 Å². The first-order valence-electron chi connectivity index (χ1n) is 22.2. The average molecular weight is 772 g/mol. The van der Waals surface area contributed by atoms with Crippen LogP contribution in [0.3, 0.4) is 0 Å². The molecule has 0 aliphatic rings. The monoisotopic (exact) mass is 772 g/mol. The molecule has 3 atom stereocenters. The number of quaternary nitrogens is 1. The zero-order valence-corrected chi connectivity index (χ0v) is 36.4. The lowest BCUT2D eigenvalue weighted by Gasteiger charge is -2.26. The van der Waals surface area contributed by atoms with Crippen molar-refractivity contribution in [2.24, 2.45) is 0 Å². The van der Waals surface area contributed by atoms with E-state index in [1.165, 1.54) is 128 Å². The quantitative estimate of drug-likeness (QED) is 0.0248. The lowest BCUT2D eigenvalue weighted by atomic mass is 10.0. The van der Waals surface area contributed by atoms with Crippen molar-refractivity contribution in [2.75, 3.05) is 40.9 Å². The molecule has 9 heteroatoms. The number of phosphoric ester groups is 1. The first-order valence-corrected chi connectivity index (χ1v) is 23.7. The number of aliphatic hydroxyl groups excluding tert-OH is 1. The van der Waals surface area contributed by atoms with Crippen molar-refractivity contribution in [1.82, 2.24) is 5.32 Å². The number of carbonyl (C=O) groups is 1. The lowest BCUT2D eigenvalue weighted by Crippen LogP contribution is -2.46. The molecule has 0 rings (SSSR count). The third-order valence-corrected chi connectivity index (χ3v) is 10.9. The highest BCUT2D eigenvalue weighted by molar-refractivity contribution is 7.47. The molecule has 314 valence electrons. The molecule has 0 saturated carbocycles. The highest BCUT2D eigenvalue weighted by Crippen LogP contribution is 2.43. The number of aliphatic hydroxyl groups is 1. The van der Waals surface area contributed by atoms with E-state index < -0.39 is 20.0 Å². The van der Waals surface area contributed by atoms with Crippen molar-refractivity contribution in [3.63, 3.8) is 0 Å². The molecule has 0 bridgehead atoms. The fourth-order valence-corrected chi connectivity index (χ4v) is 7.11. The molecule has 0 aliphatic carbocycles. The second kappa shape index (κ2) is 36.6. The van der Waals surface area contributed by atoms with Crippen LogP contribution in [0.25, 0.3) is 0 Å². The van der Waals surface area contributed by atoms with Crippen molar-refractivity contribution >= 4 is 13.7 Å². The summed E-state index contributed by atoms with van der Waals surface area (Å²) in [4.78, 5) is 23.0. The number of amides is 1. The van der Waals surface area contributed by atoms with Crippen molar-refractivity contribution in [3.05, 3.63) is 24.3 Å². The van der Waals surface area contributed by atoms with Crippen LogP contribution in [0, 0.1) is 0 Å². The van der Waals surface area contributed by atoms with E-state index in [2.05, 4.69) is 43.5 Å². The standard InChI is InChI=1S/C44H87N2O6P/c1-6-8-10-12-14-15-16-17-18-19-20-21-22-23-24-25-26-27-28-29-30-31-32-34-36-38-44(48)45-42(43(47)37-35-33-13-11-9-7-2)41-52-53(49,50)51-40-39-46(3,4)5/h16-17,19-20,42-43,47H,6-15,18,21-41H2,1-5H3,(H-,45,48,49,50)/p+1/b17-16-,20-19-. The van der Waals surface area contributed by atoms with Crippen LogP contribution >= 0.6 is 7.82 Å². The molecule has 53 heavy (non-hydrogen) atoms. The van der Waals surface area contributed by atoms with Gasteiger partial charge in [-0.2, -0.15) is 0 Å². The predicted octanol–water partition coefficient (Wildman–Crippen LogP) is 12.1. The summed E-state index contributed by atoms with van der Waals surface area (Å²) in [7, 11) is 1.61. The fraction of sp³-hybridized carbons (Fsp3) is 0.886. The molecule has 3 N–H and O–H groups in total. The minimum atomic E-state index is -4.30. The van der Waals surface area contributed by atoms with Gasteiger partial charge in [0.25, 0.3) is 0 Å². The minimum absolute atomic E-state index is 0.0746. The Hall–Kier alpha value is -1.02. The van der Waals surface area contributed by atoms with Crippen LogP contribution in [-0.4, -0.2) is 73.4 Å². The summed E-state index contributed by atoms with van der Waals surface area (Å²) in [5.74, 6) is -0.151. The highest BCUT2D eigenvalue weighted by Gasteiger charge is 2.28. The third-order valence-electron chi connectivity index (χ3n) is 9.95. The Morgan fingerprint density at radius 3 is 1.55 bits per heavy atom. The number of nitrogens with one attached hydrogen (secondary N) is 1. The molecule has 1 amide bonds. The molecule has 0 fully saturated rings. The van der Waals surface area contributed by atoms with Crippen LogP contribution < -0.4 is 5.32 Å². The smallest absolute Gasteiger partial charge is 0.391 e. The van der Waals surface area contributed by atoms with Gasteiger partial charge in [0.05, 0.1) is 39.9 Å². The second-order valence-corrected chi connectivity index (χ2v) is 17.9. The van der Waals surface area contributed by atoms with Crippen molar-refractivity contribution < 1.29 is 32.9 Å². The van der Waals surface area contributed by atoms with Gasteiger partial charge in [-0.05, 0) is 44.9 Å². The van der Waals surface area contributed by atoms with Crippen LogP contribution in [0.15, 0.2) is 24.3 Å². The van der Waals surface area contributed by atoms with Crippen LogP contribution in [-0.2, 0) is 18.4 Å². The minimum Gasteiger partial charge on any atom is -0.391 e. The molecular formula is C44H88N2O6P+. The van der Waals surface area contributed by atoms with Gasteiger partial charge in [0, 0.05) is 6.42 Å². The van der Waals surface area contributed by atoms with Gasteiger partial charge < -0.3 is 19.8 Å². The van der Waals surface area contributed by atoms with Gasteiger partial charge in [0.15, 0.2) is 0 Å². The molecule has 0 radical (unpaired) electrons. The summed E-state index contributed by atoms with van der Waals surface area (Å²) >= 11 is 0. The molecule has 3 unspecified atom stereocenters. The topological polar surface area (TPSA) is 105 Å². The largest absolute Gasteiger partial charge is 0.472 e. The van der Waals surface area contributed by atoms with Crippen LogP contribution in [0.4, 0.5) is 0 Å². The maximum absolute atomic E-state index is 12.8. The van der Waals surface area contributed by atoms with E-state index in [1.54, 1.807) is 0 Å². The van der Waals surface area contributed by atoms with Gasteiger partial charge in [-0.15, -0.1) is 0 Å². The molecule has 0 heterocycles. The Balaban J connectivity index is 4.02. The lowest BCUT2D eigenvalue weighted by molar-refractivity contribution is -0.870. The van der Waals surface area contributed by atoms with E-state index in [-0.39, 0.29) is 19.1 Å². The summed E-state index contributed by atoms with van der Waals surface area (Å²) < 4.78 is 23.5. The van der Waals surface area contributed by atoms with E-state index in [0.29, 0.717) is 23.9 Å². The van der Waals surface area contributed by atoms with Crippen LogP contribution in [0.5, 0.6) is 0 Å². The van der Waals surface area contributed by atoms with Gasteiger partial charge in [0.1, 0.15) is 13.2 Å². The number of nitrogens with zero attached hydrogens (tertiary/aromatic N) is 1. The van der Waals surface area contributed by atoms with Crippen molar-refractivity contribution in [2.45, 2.75) is 212 Å². The summed E-state index contributed by atoms with van der Waals surface area (Å²) in [6.07, 6.45) is 42.4. The molecule has 0 aromatic heterocycles. The van der Waals surface area contributed by atoms with Gasteiger partial charge in [-0.1, -0.05) is 173 Å². The van der Waals surface area contributed by atoms with Crippen LogP contribution in [0.2, 0.25) is 0 Å². The molecule has 0 aromatic rings. The average Bonchev–Trinajstić information content (AvgIpc) is 3.10. The van der Waals surface area contributed by atoms with Gasteiger partial charge in [0.2, 0.25) is 5.91 Å². The molecule has 8 nitrogen and oxygen atoms in total. The SMILES string of the molecule is CCCCCCC/C=C\C/C=C\CCCCCCCCCCCCCCCC(=O)NC(COP(=O)(O)OCC[N+](C)(C)C)C(O)CCCCCCCC. The third kappa shape index (κ3) is 39.0. The molecule has 0 spiro atoms. The molecule has 0 aromatic carbocycles. The molecule has 0 aliphatic heterocycles. The summed E-state index contributed by atoms with van der Waals surface area (Å²) in [5.41, 5.74) is 0. The van der Waals surface area contributed by atoms with Crippen molar-refractivity contribution in [1.29, 1.82) is 0 Å². The normalized spacial score (nSPS) is 14.6. The summed E-state index contributed by atoms with van der Waals surface area (Å²) in [6, 6.07) is -0.755.